The zero-order valence-electron chi connectivity index (χ0n) is 22.6. The first-order valence-electron chi connectivity index (χ1n) is 13.9. The Morgan fingerprint density at radius 1 is 1.05 bits per heavy atom. The van der Waals surface area contributed by atoms with Crippen LogP contribution in [0.1, 0.15) is 64.4 Å². The van der Waals surface area contributed by atoms with Crippen LogP contribution in [0.5, 0.6) is 5.75 Å². The molecule has 3 aromatic heterocycles. The summed E-state index contributed by atoms with van der Waals surface area (Å²) in [6.07, 6.45) is 4.21. The second kappa shape index (κ2) is 11.7. The van der Waals surface area contributed by atoms with Crippen LogP contribution in [0.3, 0.4) is 0 Å². The number of rotatable bonds is 11. The van der Waals surface area contributed by atoms with E-state index in [-0.39, 0.29) is 18.0 Å². The molecule has 6 rings (SSSR count). The number of amides is 1. The van der Waals surface area contributed by atoms with E-state index in [9.17, 15) is 18.0 Å². The first-order chi connectivity index (χ1) is 20.3. The third kappa shape index (κ3) is 6.64. The predicted octanol–water partition coefficient (Wildman–Crippen LogP) is 5.19. The number of nitrogens with zero attached hydrogens (tertiary/aromatic N) is 6. The lowest BCUT2D eigenvalue weighted by molar-refractivity contribution is -0.274. The third-order valence-corrected chi connectivity index (χ3v) is 7.27. The molecule has 12 heteroatoms. The Hall–Kier alpha value is -4.61. The molecule has 4 aromatic rings. The Morgan fingerprint density at radius 2 is 1.93 bits per heavy atom. The van der Waals surface area contributed by atoms with Crippen molar-refractivity contribution in [3.63, 3.8) is 0 Å². The summed E-state index contributed by atoms with van der Waals surface area (Å²) in [5.41, 5.74) is 7.46. The lowest BCUT2D eigenvalue weighted by atomic mass is 9.99. The van der Waals surface area contributed by atoms with Gasteiger partial charge in [0.1, 0.15) is 5.75 Å². The summed E-state index contributed by atoms with van der Waals surface area (Å²) < 4.78 is 42.9. The summed E-state index contributed by atoms with van der Waals surface area (Å²) in [5.74, 6) is -0.242. The van der Waals surface area contributed by atoms with Crippen molar-refractivity contribution < 1.29 is 22.7 Å². The molecule has 1 saturated carbocycles. The number of benzene rings is 1. The van der Waals surface area contributed by atoms with Crippen LogP contribution in [0, 0.1) is 5.92 Å². The van der Waals surface area contributed by atoms with E-state index in [0.717, 1.165) is 42.8 Å². The minimum Gasteiger partial charge on any atom is -0.406 e. The molecule has 0 aliphatic heterocycles. The number of unbranched alkanes of at least 4 members (excludes halogenated alkanes) is 1. The Labute approximate surface area is 239 Å². The monoisotopic (exact) mass is 575 g/mol. The molecule has 3 heterocycles. The fraction of sp³-hybridized carbons (Fsp3) is 0.333. The van der Waals surface area contributed by atoms with E-state index in [1.807, 2.05) is 18.3 Å². The molecule has 2 aliphatic rings. The summed E-state index contributed by atoms with van der Waals surface area (Å²) in [6.45, 7) is 0.593. The number of pyridine rings is 1. The number of aromatic nitrogens is 6. The van der Waals surface area contributed by atoms with Crippen LogP contribution in [0.25, 0.3) is 11.1 Å². The zero-order chi connectivity index (χ0) is 29.1. The maximum Gasteiger partial charge on any atom is 0.573 e. The second-order valence-corrected chi connectivity index (χ2v) is 10.5. The van der Waals surface area contributed by atoms with E-state index in [2.05, 4.69) is 47.7 Å². The van der Waals surface area contributed by atoms with Gasteiger partial charge in [0, 0.05) is 31.3 Å². The molecule has 0 radical (unpaired) electrons. The largest absolute Gasteiger partial charge is 0.573 e. The molecule has 0 saturated heterocycles. The van der Waals surface area contributed by atoms with Crippen molar-refractivity contribution in [3.05, 3.63) is 94.8 Å². The topological polar surface area (TPSA) is 108 Å². The van der Waals surface area contributed by atoms with E-state index >= 15 is 0 Å². The van der Waals surface area contributed by atoms with Crippen LogP contribution in [-0.4, -0.2) is 42.4 Å². The molecule has 1 aromatic carbocycles. The van der Waals surface area contributed by atoms with Gasteiger partial charge in [0.2, 0.25) is 0 Å². The molecule has 1 fully saturated rings. The van der Waals surface area contributed by atoms with Crippen LogP contribution in [0.15, 0.2) is 60.9 Å². The number of carbonyl (C=O) groups is 1. The van der Waals surface area contributed by atoms with E-state index in [4.69, 9.17) is 0 Å². The smallest absolute Gasteiger partial charge is 0.406 e. The van der Waals surface area contributed by atoms with Gasteiger partial charge in [0.15, 0.2) is 5.69 Å². The number of nitrogens with one attached hydrogen (secondary N) is 1. The van der Waals surface area contributed by atoms with Crippen molar-refractivity contribution in [1.29, 1.82) is 0 Å². The van der Waals surface area contributed by atoms with Crippen LogP contribution in [-0.2, 0) is 25.9 Å². The molecule has 0 unspecified atom stereocenters. The number of carbonyl (C=O) groups excluding carboxylic acids is 1. The first kappa shape index (κ1) is 27.6. The van der Waals surface area contributed by atoms with Crippen molar-refractivity contribution in [2.75, 3.05) is 0 Å². The van der Waals surface area contributed by atoms with Gasteiger partial charge in [-0.2, -0.15) is 10.2 Å². The van der Waals surface area contributed by atoms with Crippen molar-refractivity contribution in [2.45, 2.75) is 58.0 Å². The molecular weight excluding hydrogens is 547 g/mol. The van der Waals surface area contributed by atoms with Crippen LogP contribution < -0.4 is 10.1 Å². The quantitative estimate of drug-likeness (QED) is 0.245. The highest BCUT2D eigenvalue weighted by molar-refractivity contribution is 5.97. The fourth-order valence-electron chi connectivity index (χ4n) is 5.19. The molecular formula is C30H28F3N7O2. The summed E-state index contributed by atoms with van der Waals surface area (Å²) in [5, 5.41) is 19.7. The van der Waals surface area contributed by atoms with E-state index in [0.29, 0.717) is 18.0 Å². The van der Waals surface area contributed by atoms with Gasteiger partial charge in [-0.05, 0) is 85.1 Å². The summed E-state index contributed by atoms with van der Waals surface area (Å²) in [6, 6.07) is 13.6. The number of aryl methyl sites for hydroxylation is 2. The van der Waals surface area contributed by atoms with Crippen LogP contribution in [0.2, 0.25) is 0 Å². The Balaban J connectivity index is 0.997. The highest BCUT2D eigenvalue weighted by Gasteiger charge is 2.36. The van der Waals surface area contributed by atoms with Gasteiger partial charge >= 0.3 is 6.36 Å². The lowest BCUT2D eigenvalue weighted by Gasteiger charge is -2.10. The van der Waals surface area contributed by atoms with Crippen molar-refractivity contribution in [2.24, 2.45) is 5.92 Å². The second-order valence-electron chi connectivity index (χ2n) is 10.5. The highest BCUT2D eigenvalue weighted by atomic mass is 19.4. The molecule has 216 valence electrons. The third-order valence-electron chi connectivity index (χ3n) is 7.27. The molecule has 42 heavy (non-hydrogen) atoms. The number of hydrogen-bond acceptors (Lipinski definition) is 7. The van der Waals surface area contributed by atoms with Gasteiger partial charge in [0.05, 0.1) is 23.3 Å². The van der Waals surface area contributed by atoms with Crippen molar-refractivity contribution >= 4 is 17.1 Å². The van der Waals surface area contributed by atoms with E-state index in [1.165, 1.54) is 47.8 Å². The summed E-state index contributed by atoms with van der Waals surface area (Å²) >= 11 is 0. The fourth-order valence-corrected chi connectivity index (χ4v) is 5.19. The summed E-state index contributed by atoms with van der Waals surface area (Å²) in [4.78, 5) is 17.1. The SMILES string of the molecule is O=C(NCc1cccc(OC(F)(F)F)c1)c1cn(CCCCc2cc3c(nn2)CC(c2ccccn2)=C3C2CC2)nn1. The maximum atomic E-state index is 12.5. The zero-order valence-corrected chi connectivity index (χ0v) is 22.6. The van der Waals surface area contributed by atoms with E-state index < -0.39 is 12.3 Å². The Kier molecular flexibility index (Phi) is 7.68. The van der Waals surface area contributed by atoms with Gasteiger partial charge < -0.3 is 10.1 Å². The minimum absolute atomic E-state index is 0.0174. The average Bonchev–Trinajstić information content (AvgIpc) is 3.57. The average molecular weight is 576 g/mol. The van der Waals surface area contributed by atoms with Gasteiger partial charge in [-0.3, -0.25) is 14.5 Å². The van der Waals surface area contributed by atoms with Gasteiger partial charge in [-0.25, -0.2) is 0 Å². The number of fused-ring (bicyclic) bond motifs is 1. The van der Waals surface area contributed by atoms with Gasteiger partial charge in [-0.15, -0.1) is 18.3 Å². The number of halogens is 3. The molecule has 1 N–H and O–H groups in total. The molecule has 0 spiro atoms. The standard InChI is InChI=1S/C30H28F3N7O2/c31-30(32,33)42-22-8-5-6-19(14-22)17-35-29(41)27-18-40(39-38-27)13-4-2-7-21-15-23-26(37-36-21)16-24(28(23)20-10-11-20)25-9-1-3-12-34-25/h1,3,5-6,8-9,12,14-15,18,20H,2,4,7,10-11,13,16-17H2,(H,35,41). The maximum absolute atomic E-state index is 12.5. The molecule has 1 amide bonds. The van der Waals surface area contributed by atoms with Crippen LogP contribution in [0.4, 0.5) is 13.2 Å². The summed E-state index contributed by atoms with van der Waals surface area (Å²) in [7, 11) is 0. The predicted molar refractivity (Wildman–Crippen MR) is 147 cm³/mol. The molecule has 2 aliphatic carbocycles. The minimum atomic E-state index is -4.78. The molecule has 0 atom stereocenters. The number of allylic oxidation sites excluding steroid dienone is 2. The number of ether oxygens (including phenoxy) is 1. The van der Waals surface area contributed by atoms with Gasteiger partial charge in [0.25, 0.3) is 5.91 Å². The number of hydrogen-bond donors (Lipinski definition) is 1. The van der Waals surface area contributed by atoms with Gasteiger partial charge in [-0.1, -0.05) is 23.4 Å². The molecule has 0 bridgehead atoms. The Bertz CT molecular complexity index is 1610. The first-order valence-corrected chi connectivity index (χ1v) is 13.9. The number of alkyl halides is 3. The van der Waals surface area contributed by atoms with Crippen molar-refractivity contribution in [1.82, 2.24) is 35.5 Å². The van der Waals surface area contributed by atoms with Crippen LogP contribution >= 0.6 is 0 Å². The van der Waals surface area contributed by atoms with Crippen molar-refractivity contribution in [3.8, 4) is 5.75 Å². The Morgan fingerprint density at radius 3 is 2.71 bits per heavy atom. The molecule has 9 nitrogen and oxygen atoms in total. The normalized spacial score (nSPS) is 14.6. The van der Waals surface area contributed by atoms with E-state index in [1.54, 1.807) is 16.9 Å². The highest BCUT2D eigenvalue weighted by Crippen LogP contribution is 2.50. The lowest BCUT2D eigenvalue weighted by Crippen LogP contribution is -2.23.